The van der Waals surface area contributed by atoms with Crippen molar-refractivity contribution < 1.29 is 5.21 Å². The average molecular weight is 185 g/mol. The summed E-state index contributed by atoms with van der Waals surface area (Å²) in [5.74, 6) is -0.0851. The highest BCUT2D eigenvalue weighted by Crippen LogP contribution is 2.18. The van der Waals surface area contributed by atoms with Crippen molar-refractivity contribution in [3.8, 4) is 0 Å². The summed E-state index contributed by atoms with van der Waals surface area (Å²) in [4.78, 5) is 0. The Morgan fingerprint density at radius 3 is 2.75 bits per heavy atom. The van der Waals surface area contributed by atoms with Crippen LogP contribution in [-0.2, 0) is 0 Å². The summed E-state index contributed by atoms with van der Waals surface area (Å²) >= 11 is 5.81. The first-order chi connectivity index (χ1) is 5.66. The van der Waals surface area contributed by atoms with Gasteiger partial charge in [0.1, 0.15) is 0 Å². The smallest absolute Gasteiger partial charge is 0.151 e. The molecule has 1 aromatic carbocycles. The van der Waals surface area contributed by atoms with Gasteiger partial charge in [0.2, 0.25) is 0 Å². The van der Waals surface area contributed by atoms with Gasteiger partial charge in [-0.15, -0.1) is 0 Å². The molecule has 0 atom stereocenters. The van der Waals surface area contributed by atoms with Gasteiger partial charge in [-0.3, -0.25) is 16.1 Å². The molecule has 0 aliphatic carbocycles. The molecule has 0 spiro atoms. The minimum atomic E-state index is -0.0851. The molecule has 0 saturated heterocycles. The van der Waals surface area contributed by atoms with E-state index in [1.807, 2.05) is 13.0 Å². The zero-order chi connectivity index (χ0) is 9.14. The first kappa shape index (κ1) is 9.03. The van der Waals surface area contributed by atoms with Crippen LogP contribution < -0.4 is 5.48 Å². The van der Waals surface area contributed by atoms with Gasteiger partial charge in [0.15, 0.2) is 5.84 Å². The molecule has 3 nitrogen and oxygen atoms in total. The third kappa shape index (κ3) is 1.57. The molecule has 4 heteroatoms. The fraction of sp³-hybridized carbons (Fsp3) is 0.125. The average Bonchev–Trinajstić information content (AvgIpc) is 2.03. The molecule has 12 heavy (non-hydrogen) atoms. The molecule has 0 unspecified atom stereocenters. The van der Waals surface area contributed by atoms with Gasteiger partial charge in [-0.25, -0.2) is 0 Å². The summed E-state index contributed by atoms with van der Waals surface area (Å²) in [5.41, 5.74) is 3.15. The molecule has 0 amide bonds. The van der Waals surface area contributed by atoms with E-state index in [1.165, 1.54) is 0 Å². The summed E-state index contributed by atoms with van der Waals surface area (Å²) in [7, 11) is 0. The molecular formula is C8H9ClN2O. The highest BCUT2D eigenvalue weighted by molar-refractivity contribution is 6.34. The van der Waals surface area contributed by atoms with Crippen molar-refractivity contribution in [1.82, 2.24) is 5.48 Å². The van der Waals surface area contributed by atoms with Gasteiger partial charge < -0.3 is 0 Å². The van der Waals surface area contributed by atoms with Crippen LogP contribution in [0.5, 0.6) is 0 Å². The predicted octanol–water partition coefficient (Wildman–Crippen LogP) is 1.95. The largest absolute Gasteiger partial charge is 0.290 e. The number of amidine groups is 1. The summed E-state index contributed by atoms with van der Waals surface area (Å²) in [6.45, 7) is 1.83. The first-order valence-electron chi connectivity index (χ1n) is 3.41. The summed E-state index contributed by atoms with van der Waals surface area (Å²) in [6, 6.07) is 5.30. The summed E-state index contributed by atoms with van der Waals surface area (Å²) < 4.78 is 0. The lowest BCUT2D eigenvalue weighted by Gasteiger charge is -2.07. The lowest BCUT2D eigenvalue weighted by Crippen LogP contribution is -2.20. The summed E-state index contributed by atoms with van der Waals surface area (Å²) in [5, 5.41) is 16.3. The Hall–Kier alpha value is -1.06. The van der Waals surface area contributed by atoms with Crippen molar-refractivity contribution in [2.45, 2.75) is 6.92 Å². The van der Waals surface area contributed by atoms with Crippen LogP contribution in [-0.4, -0.2) is 11.0 Å². The Bertz CT molecular complexity index is 292. The van der Waals surface area contributed by atoms with Crippen LogP contribution in [0.15, 0.2) is 18.2 Å². The fourth-order valence-corrected chi connectivity index (χ4v) is 1.32. The van der Waals surface area contributed by atoms with Crippen LogP contribution >= 0.6 is 11.6 Å². The number of halogens is 1. The van der Waals surface area contributed by atoms with Crippen molar-refractivity contribution in [1.29, 1.82) is 5.41 Å². The standard InChI is InChI=1S/C8H9ClN2O/c1-5-3-2-4-6(9)7(5)8(10)11-12/h2-4,12H,1H3,(H2,10,11). The Morgan fingerprint density at radius 2 is 2.25 bits per heavy atom. The number of aryl methyl sites for hydroxylation is 1. The second-order valence-electron chi connectivity index (χ2n) is 2.42. The minimum absolute atomic E-state index is 0.0851. The molecule has 3 N–H and O–H groups in total. The first-order valence-corrected chi connectivity index (χ1v) is 3.78. The van der Waals surface area contributed by atoms with Crippen molar-refractivity contribution in [3.05, 3.63) is 34.3 Å². The van der Waals surface area contributed by atoms with Crippen LogP contribution in [0.3, 0.4) is 0 Å². The minimum Gasteiger partial charge on any atom is -0.290 e. The van der Waals surface area contributed by atoms with Crippen LogP contribution in [0.25, 0.3) is 0 Å². The third-order valence-electron chi connectivity index (χ3n) is 1.58. The second-order valence-corrected chi connectivity index (χ2v) is 2.83. The SMILES string of the molecule is Cc1cccc(Cl)c1C(=N)NO. The maximum Gasteiger partial charge on any atom is 0.151 e. The van der Waals surface area contributed by atoms with Gasteiger partial charge in [0.25, 0.3) is 0 Å². The maximum absolute atomic E-state index is 8.50. The van der Waals surface area contributed by atoms with Gasteiger partial charge in [0, 0.05) is 5.56 Å². The van der Waals surface area contributed by atoms with Crippen LogP contribution in [0.2, 0.25) is 5.02 Å². The molecule has 0 fully saturated rings. The van der Waals surface area contributed by atoms with Gasteiger partial charge in [-0.1, -0.05) is 23.7 Å². The quantitative estimate of drug-likeness (QED) is 0.355. The highest BCUT2D eigenvalue weighted by atomic mass is 35.5. The van der Waals surface area contributed by atoms with Gasteiger partial charge in [-0.05, 0) is 18.6 Å². The Balaban J connectivity index is 3.21. The van der Waals surface area contributed by atoms with E-state index in [4.69, 9.17) is 22.2 Å². The Labute approximate surface area is 75.4 Å². The van der Waals surface area contributed by atoms with E-state index in [9.17, 15) is 0 Å². The van der Waals surface area contributed by atoms with Gasteiger partial charge in [0.05, 0.1) is 5.02 Å². The fourth-order valence-electron chi connectivity index (χ4n) is 1.00. The molecule has 0 aliphatic rings. The highest BCUT2D eigenvalue weighted by Gasteiger charge is 2.07. The number of nitrogens with one attached hydrogen (secondary N) is 2. The Morgan fingerprint density at radius 1 is 1.58 bits per heavy atom. The lowest BCUT2D eigenvalue weighted by molar-refractivity contribution is 0.234. The number of benzene rings is 1. The molecule has 0 saturated carbocycles. The zero-order valence-electron chi connectivity index (χ0n) is 6.56. The van der Waals surface area contributed by atoms with Gasteiger partial charge in [-0.2, -0.15) is 0 Å². The third-order valence-corrected chi connectivity index (χ3v) is 1.90. The van der Waals surface area contributed by atoms with E-state index >= 15 is 0 Å². The number of hydrogen-bond donors (Lipinski definition) is 3. The summed E-state index contributed by atoms with van der Waals surface area (Å²) in [6.07, 6.45) is 0. The van der Waals surface area contributed by atoms with Crippen LogP contribution in [0.1, 0.15) is 11.1 Å². The molecule has 64 valence electrons. The normalized spacial score (nSPS) is 9.58. The maximum atomic E-state index is 8.50. The topological polar surface area (TPSA) is 56.1 Å². The van der Waals surface area contributed by atoms with E-state index in [2.05, 4.69) is 0 Å². The van der Waals surface area contributed by atoms with Crippen molar-refractivity contribution in [3.63, 3.8) is 0 Å². The second kappa shape index (κ2) is 3.56. The predicted molar refractivity (Wildman–Crippen MR) is 47.9 cm³/mol. The molecule has 0 bridgehead atoms. The van der Waals surface area contributed by atoms with Crippen LogP contribution in [0, 0.1) is 12.3 Å². The van der Waals surface area contributed by atoms with Crippen molar-refractivity contribution in [2.24, 2.45) is 0 Å². The number of hydrogen-bond acceptors (Lipinski definition) is 2. The van der Waals surface area contributed by atoms with E-state index in [0.29, 0.717) is 10.6 Å². The van der Waals surface area contributed by atoms with E-state index < -0.39 is 0 Å². The Kier molecular flexibility index (Phi) is 2.68. The molecule has 0 aromatic heterocycles. The van der Waals surface area contributed by atoms with E-state index in [0.717, 1.165) is 5.56 Å². The van der Waals surface area contributed by atoms with E-state index in [-0.39, 0.29) is 5.84 Å². The number of rotatable bonds is 1. The molecular weight excluding hydrogens is 176 g/mol. The zero-order valence-corrected chi connectivity index (χ0v) is 7.31. The lowest BCUT2D eigenvalue weighted by atomic mass is 10.1. The monoisotopic (exact) mass is 184 g/mol. The molecule has 1 aromatic rings. The van der Waals surface area contributed by atoms with E-state index in [1.54, 1.807) is 17.6 Å². The molecule has 0 aliphatic heterocycles. The number of hydroxylamine groups is 1. The van der Waals surface area contributed by atoms with Crippen molar-refractivity contribution in [2.75, 3.05) is 0 Å². The molecule has 1 rings (SSSR count). The van der Waals surface area contributed by atoms with Gasteiger partial charge >= 0.3 is 0 Å². The molecule has 0 radical (unpaired) electrons. The van der Waals surface area contributed by atoms with Crippen molar-refractivity contribution >= 4 is 17.4 Å². The molecule has 0 heterocycles. The van der Waals surface area contributed by atoms with Crippen LogP contribution in [0.4, 0.5) is 0 Å².